The van der Waals surface area contributed by atoms with Crippen LogP contribution < -0.4 is 10.6 Å². The van der Waals surface area contributed by atoms with Gasteiger partial charge in [0.25, 0.3) is 5.91 Å². The molecule has 132 valence electrons. The molecule has 0 bridgehead atoms. The van der Waals surface area contributed by atoms with Crippen LogP contribution in [0, 0.1) is 12.7 Å². The zero-order valence-corrected chi connectivity index (χ0v) is 14.4. The largest absolute Gasteiger partial charge is 0.366 e. The van der Waals surface area contributed by atoms with Crippen molar-refractivity contribution in [3.05, 3.63) is 89.1 Å². The molecule has 0 aliphatic heterocycles. The molecule has 1 aromatic heterocycles. The van der Waals surface area contributed by atoms with Crippen molar-refractivity contribution < 1.29 is 9.18 Å². The number of hydrogen-bond donors (Lipinski definition) is 2. The molecule has 0 unspecified atom stereocenters. The summed E-state index contributed by atoms with van der Waals surface area (Å²) in [6.45, 7) is 2.74. The third-order valence-electron chi connectivity index (χ3n) is 4.02. The summed E-state index contributed by atoms with van der Waals surface area (Å²) in [6.07, 6.45) is 1.33. The predicted octanol–water partition coefficient (Wildman–Crippen LogP) is 3.47. The summed E-state index contributed by atoms with van der Waals surface area (Å²) in [5.74, 6) is -0.176. The van der Waals surface area contributed by atoms with E-state index >= 15 is 0 Å². The first kappa shape index (κ1) is 17.5. The number of aromatic nitrogens is 2. The first-order valence-electron chi connectivity index (χ1n) is 8.25. The van der Waals surface area contributed by atoms with E-state index in [0.29, 0.717) is 17.9 Å². The molecular formula is C20H19FN4O. The van der Waals surface area contributed by atoms with Crippen molar-refractivity contribution >= 4 is 11.7 Å². The van der Waals surface area contributed by atoms with Crippen molar-refractivity contribution in [1.82, 2.24) is 15.3 Å². The van der Waals surface area contributed by atoms with E-state index in [9.17, 15) is 9.18 Å². The molecule has 3 rings (SSSR count). The molecule has 2 aromatic carbocycles. The average Bonchev–Trinajstić information content (AvgIpc) is 2.67. The molecule has 0 aliphatic carbocycles. The highest BCUT2D eigenvalue weighted by atomic mass is 19.1. The number of benzene rings is 2. The summed E-state index contributed by atoms with van der Waals surface area (Å²) in [5.41, 5.74) is 2.98. The number of carbonyl (C=O) groups is 1. The molecule has 0 saturated carbocycles. The Labute approximate surface area is 151 Å². The van der Waals surface area contributed by atoms with Gasteiger partial charge in [0, 0.05) is 24.7 Å². The topological polar surface area (TPSA) is 66.9 Å². The molecule has 2 N–H and O–H groups in total. The van der Waals surface area contributed by atoms with E-state index in [4.69, 9.17) is 0 Å². The normalized spacial score (nSPS) is 10.4. The van der Waals surface area contributed by atoms with Crippen LogP contribution in [0.15, 0.2) is 60.9 Å². The van der Waals surface area contributed by atoms with Crippen LogP contribution in [0.3, 0.4) is 0 Å². The van der Waals surface area contributed by atoms with E-state index in [0.717, 1.165) is 5.56 Å². The fraction of sp³-hybridized carbons (Fsp3) is 0.150. The average molecular weight is 350 g/mol. The van der Waals surface area contributed by atoms with Gasteiger partial charge in [-0.2, -0.15) is 0 Å². The van der Waals surface area contributed by atoms with Crippen molar-refractivity contribution in [2.45, 2.75) is 20.0 Å². The lowest BCUT2D eigenvalue weighted by molar-refractivity contribution is 0.0945. The number of nitrogens with one attached hydrogen (secondary N) is 2. The van der Waals surface area contributed by atoms with Crippen molar-refractivity contribution in [2.75, 3.05) is 5.32 Å². The molecule has 0 saturated heterocycles. The lowest BCUT2D eigenvalue weighted by Crippen LogP contribution is -2.24. The maximum Gasteiger partial charge on any atom is 0.270 e. The van der Waals surface area contributed by atoms with Gasteiger partial charge in [-0.3, -0.25) is 4.79 Å². The fourth-order valence-corrected chi connectivity index (χ4v) is 2.48. The van der Waals surface area contributed by atoms with E-state index in [2.05, 4.69) is 20.6 Å². The maximum atomic E-state index is 13.6. The van der Waals surface area contributed by atoms with E-state index in [1.807, 2.05) is 31.2 Å². The summed E-state index contributed by atoms with van der Waals surface area (Å²) < 4.78 is 13.6. The molecule has 0 radical (unpaired) electrons. The SMILES string of the molecule is Cc1ccccc1CNc1cc(C(=O)NCc2ccccc2F)ncn1. The third kappa shape index (κ3) is 4.42. The highest BCUT2D eigenvalue weighted by Crippen LogP contribution is 2.11. The number of amides is 1. The minimum atomic E-state index is -0.380. The summed E-state index contributed by atoms with van der Waals surface area (Å²) >= 11 is 0. The molecule has 3 aromatic rings. The van der Waals surface area contributed by atoms with Gasteiger partial charge in [-0.15, -0.1) is 0 Å². The second-order valence-corrected chi connectivity index (χ2v) is 5.84. The van der Waals surface area contributed by atoms with Gasteiger partial charge in [0.1, 0.15) is 23.7 Å². The van der Waals surface area contributed by atoms with Gasteiger partial charge in [-0.1, -0.05) is 42.5 Å². The summed E-state index contributed by atoms with van der Waals surface area (Å²) in [5, 5.41) is 5.86. The molecule has 6 heteroatoms. The number of rotatable bonds is 6. The smallest absolute Gasteiger partial charge is 0.270 e. The Morgan fingerprint density at radius 1 is 1.00 bits per heavy atom. The first-order valence-corrected chi connectivity index (χ1v) is 8.25. The van der Waals surface area contributed by atoms with Crippen LogP contribution in [-0.4, -0.2) is 15.9 Å². The summed E-state index contributed by atoms with van der Waals surface area (Å²) in [4.78, 5) is 20.4. The van der Waals surface area contributed by atoms with Gasteiger partial charge in [0.15, 0.2) is 0 Å². The van der Waals surface area contributed by atoms with E-state index in [1.165, 1.54) is 18.0 Å². The molecule has 26 heavy (non-hydrogen) atoms. The minimum absolute atomic E-state index is 0.0987. The summed E-state index contributed by atoms with van der Waals surface area (Å²) in [7, 11) is 0. The van der Waals surface area contributed by atoms with Crippen LogP contribution in [0.5, 0.6) is 0 Å². The van der Waals surface area contributed by atoms with E-state index in [1.54, 1.807) is 24.3 Å². The number of anilines is 1. The number of hydrogen-bond acceptors (Lipinski definition) is 4. The highest BCUT2D eigenvalue weighted by molar-refractivity contribution is 5.92. The van der Waals surface area contributed by atoms with Crippen molar-refractivity contribution in [3.63, 3.8) is 0 Å². The lowest BCUT2D eigenvalue weighted by atomic mass is 10.1. The van der Waals surface area contributed by atoms with Crippen molar-refractivity contribution in [1.29, 1.82) is 0 Å². The first-order chi connectivity index (χ1) is 12.6. The maximum absolute atomic E-state index is 13.6. The van der Waals surface area contributed by atoms with Crippen LogP contribution in [-0.2, 0) is 13.1 Å². The van der Waals surface area contributed by atoms with Gasteiger partial charge in [-0.05, 0) is 24.1 Å². The van der Waals surface area contributed by atoms with Crippen molar-refractivity contribution in [2.24, 2.45) is 0 Å². The monoisotopic (exact) mass is 350 g/mol. The van der Waals surface area contributed by atoms with E-state index in [-0.39, 0.29) is 24.0 Å². The highest BCUT2D eigenvalue weighted by Gasteiger charge is 2.10. The lowest BCUT2D eigenvalue weighted by Gasteiger charge is -2.09. The van der Waals surface area contributed by atoms with Gasteiger partial charge < -0.3 is 10.6 Å². The Morgan fingerprint density at radius 2 is 1.73 bits per heavy atom. The van der Waals surface area contributed by atoms with Gasteiger partial charge in [-0.25, -0.2) is 14.4 Å². The van der Waals surface area contributed by atoms with Crippen LogP contribution >= 0.6 is 0 Å². The molecule has 0 fully saturated rings. The quantitative estimate of drug-likeness (QED) is 0.714. The molecule has 1 heterocycles. The second kappa shape index (κ2) is 8.20. The third-order valence-corrected chi connectivity index (χ3v) is 4.02. The number of nitrogens with zero attached hydrogens (tertiary/aromatic N) is 2. The Kier molecular flexibility index (Phi) is 5.53. The number of halogens is 1. The predicted molar refractivity (Wildman–Crippen MR) is 98.1 cm³/mol. The molecular weight excluding hydrogens is 331 g/mol. The van der Waals surface area contributed by atoms with Gasteiger partial charge in [0.2, 0.25) is 0 Å². The van der Waals surface area contributed by atoms with Gasteiger partial charge in [0.05, 0.1) is 0 Å². The molecule has 0 atom stereocenters. The van der Waals surface area contributed by atoms with Crippen LogP contribution in [0.2, 0.25) is 0 Å². The zero-order chi connectivity index (χ0) is 18.4. The molecule has 1 amide bonds. The Balaban J connectivity index is 1.62. The minimum Gasteiger partial charge on any atom is -0.366 e. The van der Waals surface area contributed by atoms with E-state index < -0.39 is 0 Å². The molecule has 5 nitrogen and oxygen atoms in total. The fourth-order valence-electron chi connectivity index (χ4n) is 2.48. The molecule has 0 spiro atoms. The van der Waals surface area contributed by atoms with Crippen LogP contribution in [0.1, 0.15) is 27.2 Å². The Hall–Kier alpha value is -3.28. The standard InChI is InChI=1S/C20H19FN4O/c1-14-6-2-3-7-15(14)11-22-19-10-18(24-13-25-19)20(26)23-12-16-8-4-5-9-17(16)21/h2-10,13H,11-12H2,1H3,(H,23,26)(H,22,24,25). The van der Waals surface area contributed by atoms with Crippen LogP contribution in [0.4, 0.5) is 10.2 Å². The number of aryl methyl sites for hydroxylation is 1. The van der Waals surface area contributed by atoms with Crippen LogP contribution in [0.25, 0.3) is 0 Å². The van der Waals surface area contributed by atoms with Crippen molar-refractivity contribution in [3.8, 4) is 0 Å². The van der Waals surface area contributed by atoms with Gasteiger partial charge >= 0.3 is 0 Å². The second-order valence-electron chi connectivity index (χ2n) is 5.84. The zero-order valence-electron chi connectivity index (χ0n) is 14.4. The Bertz CT molecular complexity index is 914. The molecule has 0 aliphatic rings. The Morgan fingerprint density at radius 3 is 2.50 bits per heavy atom. The number of carbonyl (C=O) groups excluding carboxylic acids is 1. The summed E-state index contributed by atoms with van der Waals surface area (Å²) in [6, 6.07) is 15.9.